The summed E-state index contributed by atoms with van der Waals surface area (Å²) in [6.45, 7) is 0. The highest BCUT2D eigenvalue weighted by molar-refractivity contribution is 9.11. The molecule has 0 fully saturated rings. The second-order valence-corrected chi connectivity index (χ2v) is 7.61. The first-order chi connectivity index (χ1) is 12.7. The summed E-state index contributed by atoms with van der Waals surface area (Å²) in [5.41, 5.74) is 2.26. The molecule has 3 heterocycles. The molecule has 3 N–H and O–H groups in total. The van der Waals surface area contributed by atoms with Gasteiger partial charge in [0.05, 0.1) is 20.0 Å². The van der Waals surface area contributed by atoms with Crippen molar-refractivity contribution < 1.29 is 4.79 Å². The molecule has 0 radical (unpaired) electrons. The lowest BCUT2D eigenvalue weighted by atomic mass is 10.3. The Morgan fingerprint density at radius 2 is 2.00 bits per heavy atom. The summed E-state index contributed by atoms with van der Waals surface area (Å²) in [4.78, 5) is 13.2. The van der Waals surface area contributed by atoms with Crippen LogP contribution in [0.5, 0.6) is 0 Å². The van der Waals surface area contributed by atoms with Gasteiger partial charge in [0.25, 0.3) is 0 Å². The molecule has 0 unspecified atom stereocenters. The third kappa shape index (κ3) is 3.63. The van der Waals surface area contributed by atoms with Crippen molar-refractivity contribution in [2.24, 2.45) is 0 Å². The molecule has 0 aliphatic carbocycles. The molecule has 9 nitrogen and oxygen atoms in total. The number of carbonyl (C=O) groups excluding carboxylic acids is 1. The lowest BCUT2D eigenvalue weighted by Crippen LogP contribution is -2.19. The number of tetrazole rings is 1. The van der Waals surface area contributed by atoms with Crippen LogP contribution in [0.4, 0.5) is 16.3 Å². The first-order valence-electron chi connectivity index (χ1n) is 7.40. The molecule has 0 aliphatic rings. The largest absolute Gasteiger partial charge is 0.324 e. The van der Waals surface area contributed by atoms with Gasteiger partial charge < -0.3 is 5.32 Å². The molecular weight excluding hydrogens is 420 g/mol. The zero-order valence-electron chi connectivity index (χ0n) is 13.0. The molecule has 0 saturated carbocycles. The molecule has 0 saturated heterocycles. The van der Waals surface area contributed by atoms with E-state index in [1.165, 1.54) is 11.0 Å². The maximum atomic E-state index is 12.1. The molecular formula is C15H11BrN8OS. The normalized spacial score (nSPS) is 10.7. The minimum atomic E-state index is -0.384. The Hall–Kier alpha value is -3.05. The van der Waals surface area contributed by atoms with Gasteiger partial charge in [-0.05, 0) is 62.8 Å². The van der Waals surface area contributed by atoms with Gasteiger partial charge in [-0.15, -0.1) is 16.4 Å². The number of anilines is 2. The minimum Gasteiger partial charge on any atom is -0.308 e. The third-order valence-electron chi connectivity index (χ3n) is 3.40. The van der Waals surface area contributed by atoms with Gasteiger partial charge in [0.2, 0.25) is 0 Å². The molecule has 0 atom stereocenters. The Labute approximate surface area is 159 Å². The molecule has 0 spiro atoms. The van der Waals surface area contributed by atoms with Gasteiger partial charge in [-0.2, -0.15) is 5.10 Å². The average Bonchev–Trinajstić information content (AvgIpc) is 3.37. The predicted octanol–water partition coefficient (Wildman–Crippen LogP) is 3.52. The van der Waals surface area contributed by atoms with Crippen LogP contribution < -0.4 is 10.6 Å². The number of amides is 2. The number of aromatic nitrogens is 6. The number of carbonyl (C=O) groups is 1. The molecule has 3 aromatic heterocycles. The van der Waals surface area contributed by atoms with Crippen molar-refractivity contribution in [2.45, 2.75) is 0 Å². The highest BCUT2D eigenvalue weighted by Gasteiger charge is 2.09. The summed E-state index contributed by atoms with van der Waals surface area (Å²) < 4.78 is 2.55. The molecule has 0 aliphatic heterocycles. The fraction of sp³-hybridized carbons (Fsp3) is 0. The van der Waals surface area contributed by atoms with E-state index in [9.17, 15) is 4.79 Å². The van der Waals surface area contributed by atoms with Crippen molar-refractivity contribution in [2.75, 3.05) is 10.6 Å². The van der Waals surface area contributed by atoms with E-state index in [-0.39, 0.29) is 6.03 Å². The van der Waals surface area contributed by atoms with E-state index in [0.29, 0.717) is 11.5 Å². The molecule has 4 rings (SSSR count). The number of nitrogens with one attached hydrogen (secondary N) is 3. The third-order valence-corrected chi connectivity index (χ3v) is 5.05. The van der Waals surface area contributed by atoms with Crippen molar-refractivity contribution in [1.82, 2.24) is 30.4 Å². The topological polar surface area (TPSA) is 113 Å². The SMILES string of the molecule is O=C(Nc1ccc(-n2cnnn2)cc1)Nc1cc(-c2ccc(Br)s2)[nH]n1. The van der Waals surface area contributed by atoms with Crippen molar-refractivity contribution in [3.63, 3.8) is 0 Å². The van der Waals surface area contributed by atoms with Gasteiger partial charge in [-0.1, -0.05) is 0 Å². The molecule has 4 aromatic rings. The standard InChI is InChI=1S/C15H11BrN8OS/c16-13-6-5-12(26-13)11-7-14(21-20-11)19-15(25)18-9-1-3-10(4-2-9)24-8-17-22-23-24/h1-8H,(H3,18,19,20,21,25). The van der Waals surface area contributed by atoms with Crippen LogP contribution in [0.25, 0.3) is 16.3 Å². The van der Waals surface area contributed by atoms with Crippen LogP contribution >= 0.6 is 27.3 Å². The lowest BCUT2D eigenvalue weighted by molar-refractivity contribution is 0.262. The van der Waals surface area contributed by atoms with E-state index in [2.05, 4.69) is 52.3 Å². The van der Waals surface area contributed by atoms with Gasteiger partial charge in [0.15, 0.2) is 5.82 Å². The number of aromatic amines is 1. The van der Waals surface area contributed by atoms with Crippen LogP contribution in [-0.4, -0.2) is 36.4 Å². The van der Waals surface area contributed by atoms with Gasteiger partial charge in [0, 0.05) is 11.8 Å². The van der Waals surface area contributed by atoms with Crippen molar-refractivity contribution in [3.8, 4) is 16.3 Å². The monoisotopic (exact) mass is 430 g/mol. The summed E-state index contributed by atoms with van der Waals surface area (Å²) in [6.07, 6.45) is 1.50. The summed E-state index contributed by atoms with van der Waals surface area (Å²) in [5, 5.41) is 23.4. The molecule has 0 bridgehead atoms. The summed E-state index contributed by atoms with van der Waals surface area (Å²) in [6, 6.07) is 12.4. The quantitative estimate of drug-likeness (QED) is 0.458. The van der Waals surface area contributed by atoms with E-state index in [0.717, 1.165) is 20.0 Å². The smallest absolute Gasteiger partial charge is 0.308 e. The van der Waals surface area contributed by atoms with E-state index in [4.69, 9.17) is 0 Å². The summed E-state index contributed by atoms with van der Waals surface area (Å²) in [5.74, 6) is 0.437. The van der Waals surface area contributed by atoms with Gasteiger partial charge >= 0.3 is 6.03 Å². The molecule has 2 amide bonds. The Morgan fingerprint density at radius 1 is 1.15 bits per heavy atom. The Morgan fingerprint density at radius 3 is 2.69 bits per heavy atom. The zero-order valence-corrected chi connectivity index (χ0v) is 15.5. The fourth-order valence-corrected chi connectivity index (χ4v) is 3.58. The molecule has 11 heteroatoms. The van der Waals surface area contributed by atoms with Crippen LogP contribution in [0.3, 0.4) is 0 Å². The van der Waals surface area contributed by atoms with Crippen LogP contribution in [0.15, 0.2) is 52.6 Å². The Balaban J connectivity index is 1.39. The van der Waals surface area contributed by atoms with Crippen LogP contribution in [-0.2, 0) is 0 Å². The number of benzene rings is 1. The van der Waals surface area contributed by atoms with Crippen LogP contribution in [0.2, 0.25) is 0 Å². The van der Waals surface area contributed by atoms with Crippen molar-refractivity contribution >= 4 is 44.8 Å². The zero-order chi connectivity index (χ0) is 17.9. The Bertz CT molecular complexity index is 1020. The first kappa shape index (κ1) is 16.4. The maximum absolute atomic E-state index is 12.1. The number of nitrogens with zero attached hydrogens (tertiary/aromatic N) is 5. The van der Waals surface area contributed by atoms with E-state index in [1.807, 2.05) is 12.1 Å². The van der Waals surface area contributed by atoms with Crippen LogP contribution in [0.1, 0.15) is 0 Å². The fourth-order valence-electron chi connectivity index (χ4n) is 2.23. The highest BCUT2D eigenvalue weighted by Crippen LogP contribution is 2.30. The van der Waals surface area contributed by atoms with Gasteiger partial charge in [0.1, 0.15) is 6.33 Å². The number of halogens is 1. The molecule has 1 aromatic carbocycles. The minimum absolute atomic E-state index is 0.384. The van der Waals surface area contributed by atoms with E-state index < -0.39 is 0 Å². The number of H-pyrrole nitrogens is 1. The second-order valence-electron chi connectivity index (χ2n) is 5.15. The van der Waals surface area contributed by atoms with Gasteiger partial charge in [-0.25, -0.2) is 9.48 Å². The van der Waals surface area contributed by atoms with Crippen molar-refractivity contribution in [1.29, 1.82) is 0 Å². The number of thiophene rings is 1. The lowest BCUT2D eigenvalue weighted by Gasteiger charge is -2.06. The number of hydrogen-bond donors (Lipinski definition) is 3. The molecule has 26 heavy (non-hydrogen) atoms. The highest BCUT2D eigenvalue weighted by atomic mass is 79.9. The van der Waals surface area contributed by atoms with E-state index >= 15 is 0 Å². The molecule has 130 valence electrons. The summed E-state index contributed by atoms with van der Waals surface area (Å²) >= 11 is 5.00. The predicted molar refractivity (Wildman–Crippen MR) is 101 cm³/mol. The summed E-state index contributed by atoms with van der Waals surface area (Å²) in [7, 11) is 0. The number of urea groups is 1. The van der Waals surface area contributed by atoms with Crippen LogP contribution in [0, 0.1) is 0 Å². The Kier molecular flexibility index (Phi) is 4.46. The first-order valence-corrected chi connectivity index (χ1v) is 9.01. The second kappa shape index (κ2) is 7.06. The number of hydrogen-bond acceptors (Lipinski definition) is 6. The maximum Gasteiger partial charge on any atom is 0.324 e. The van der Waals surface area contributed by atoms with Gasteiger partial charge in [-0.3, -0.25) is 10.4 Å². The average molecular weight is 431 g/mol. The number of rotatable bonds is 4. The van der Waals surface area contributed by atoms with E-state index in [1.54, 1.807) is 41.7 Å². The van der Waals surface area contributed by atoms with Crippen molar-refractivity contribution in [3.05, 3.63) is 52.6 Å².